The summed E-state index contributed by atoms with van der Waals surface area (Å²) in [6, 6.07) is 1.03. The quantitative estimate of drug-likeness (QED) is 0.744. The van der Waals surface area contributed by atoms with Crippen LogP contribution < -0.4 is 5.32 Å². The molecule has 21 heavy (non-hydrogen) atoms. The summed E-state index contributed by atoms with van der Waals surface area (Å²) >= 11 is 0. The lowest BCUT2D eigenvalue weighted by Crippen LogP contribution is -2.52. The van der Waals surface area contributed by atoms with E-state index in [0.717, 1.165) is 45.3 Å². The maximum atomic E-state index is 11.8. The first kappa shape index (κ1) is 16.7. The molecule has 1 aliphatic carbocycles. The molecule has 2 aliphatic rings. The van der Waals surface area contributed by atoms with E-state index < -0.39 is 11.5 Å². The summed E-state index contributed by atoms with van der Waals surface area (Å²) in [5.74, 6) is -0.665. The van der Waals surface area contributed by atoms with E-state index in [0.29, 0.717) is 12.1 Å². The van der Waals surface area contributed by atoms with Crippen molar-refractivity contribution in [3.63, 3.8) is 0 Å². The first-order valence-electron chi connectivity index (χ1n) is 8.37. The Morgan fingerprint density at radius 2 is 2.19 bits per heavy atom. The van der Waals surface area contributed by atoms with Crippen molar-refractivity contribution in [2.24, 2.45) is 0 Å². The average molecular weight is 297 g/mol. The molecule has 3 atom stereocenters. The van der Waals surface area contributed by atoms with E-state index >= 15 is 0 Å². The van der Waals surface area contributed by atoms with Crippen molar-refractivity contribution in [2.75, 3.05) is 33.7 Å². The highest BCUT2D eigenvalue weighted by Crippen LogP contribution is 2.36. The number of hydrogen-bond acceptors (Lipinski definition) is 4. The molecule has 5 nitrogen and oxygen atoms in total. The predicted molar refractivity (Wildman–Crippen MR) is 84.6 cm³/mol. The highest BCUT2D eigenvalue weighted by molar-refractivity contribution is 5.79. The molecular weight excluding hydrogens is 266 g/mol. The Kier molecular flexibility index (Phi) is 5.63. The van der Waals surface area contributed by atoms with Crippen LogP contribution in [0.1, 0.15) is 45.4 Å². The topological polar surface area (TPSA) is 55.8 Å². The van der Waals surface area contributed by atoms with Crippen LogP contribution in [0.3, 0.4) is 0 Å². The monoisotopic (exact) mass is 297 g/mol. The van der Waals surface area contributed by atoms with Gasteiger partial charge in [0.2, 0.25) is 0 Å². The van der Waals surface area contributed by atoms with Crippen molar-refractivity contribution in [1.29, 1.82) is 0 Å². The number of carbonyl (C=O) groups is 1. The van der Waals surface area contributed by atoms with Crippen molar-refractivity contribution in [2.45, 2.75) is 63.1 Å². The van der Waals surface area contributed by atoms with Gasteiger partial charge in [-0.1, -0.05) is 6.92 Å². The summed E-state index contributed by atoms with van der Waals surface area (Å²) in [7, 11) is 4.24. The molecule has 0 spiro atoms. The Bertz CT molecular complexity index is 361. The van der Waals surface area contributed by atoms with Gasteiger partial charge in [0.25, 0.3) is 0 Å². The van der Waals surface area contributed by atoms with Gasteiger partial charge < -0.3 is 15.3 Å². The van der Waals surface area contributed by atoms with E-state index in [9.17, 15) is 9.90 Å². The lowest BCUT2D eigenvalue weighted by molar-refractivity contribution is -0.144. The number of carboxylic acid groups (broad SMARTS) is 1. The molecule has 0 radical (unpaired) electrons. The van der Waals surface area contributed by atoms with Crippen molar-refractivity contribution < 1.29 is 9.90 Å². The van der Waals surface area contributed by atoms with E-state index in [4.69, 9.17) is 0 Å². The van der Waals surface area contributed by atoms with Gasteiger partial charge >= 0.3 is 5.97 Å². The third-order valence-electron chi connectivity index (χ3n) is 5.08. The molecule has 3 unspecified atom stereocenters. The zero-order chi connectivity index (χ0) is 15.5. The van der Waals surface area contributed by atoms with Crippen LogP contribution in [0.5, 0.6) is 0 Å². The van der Waals surface area contributed by atoms with Crippen molar-refractivity contribution >= 4 is 5.97 Å². The van der Waals surface area contributed by atoms with Gasteiger partial charge in [-0.15, -0.1) is 0 Å². The number of likely N-dealkylation sites (N-methyl/N-ethyl adjacent to an activating group) is 1. The van der Waals surface area contributed by atoms with Gasteiger partial charge in [0.05, 0.1) is 0 Å². The van der Waals surface area contributed by atoms with E-state index in [1.54, 1.807) is 0 Å². The summed E-state index contributed by atoms with van der Waals surface area (Å²) in [4.78, 5) is 16.6. The minimum atomic E-state index is -0.689. The number of rotatable bonds is 7. The second kappa shape index (κ2) is 7.07. The number of hydrogen-bond donors (Lipinski definition) is 2. The number of nitrogens with one attached hydrogen (secondary N) is 1. The Morgan fingerprint density at radius 1 is 1.43 bits per heavy atom. The van der Waals surface area contributed by atoms with Gasteiger partial charge in [0.1, 0.15) is 5.54 Å². The summed E-state index contributed by atoms with van der Waals surface area (Å²) in [5.41, 5.74) is -0.689. The second-order valence-electron chi connectivity index (χ2n) is 7.01. The van der Waals surface area contributed by atoms with Crippen LogP contribution in [0.2, 0.25) is 0 Å². The summed E-state index contributed by atoms with van der Waals surface area (Å²) in [6.45, 7) is 5.09. The van der Waals surface area contributed by atoms with Crippen LogP contribution in [0, 0.1) is 0 Å². The Morgan fingerprint density at radius 3 is 2.81 bits per heavy atom. The number of nitrogens with zero attached hydrogens (tertiary/aromatic N) is 2. The highest BCUT2D eigenvalue weighted by Gasteiger charge is 2.48. The van der Waals surface area contributed by atoms with Crippen molar-refractivity contribution in [1.82, 2.24) is 15.1 Å². The molecule has 0 bridgehead atoms. The molecule has 1 heterocycles. The molecule has 2 fully saturated rings. The Hall–Kier alpha value is -0.650. The van der Waals surface area contributed by atoms with Gasteiger partial charge in [0, 0.05) is 18.6 Å². The molecule has 0 aromatic carbocycles. The third kappa shape index (κ3) is 3.76. The summed E-state index contributed by atoms with van der Waals surface area (Å²) < 4.78 is 0. The zero-order valence-corrected chi connectivity index (χ0v) is 13.8. The molecular formula is C16H31N3O2. The zero-order valence-electron chi connectivity index (χ0n) is 13.8. The van der Waals surface area contributed by atoms with Gasteiger partial charge in [-0.25, -0.2) is 0 Å². The molecule has 122 valence electrons. The maximum Gasteiger partial charge on any atom is 0.323 e. The summed E-state index contributed by atoms with van der Waals surface area (Å²) in [5, 5.41) is 13.0. The Labute approximate surface area is 128 Å². The first-order chi connectivity index (χ1) is 9.98. The fourth-order valence-corrected chi connectivity index (χ4v) is 4.05. The standard InChI is InChI=1S/C16H31N3O2/c1-4-9-17-16(15(20)21)8-7-13(11-16)19-10-5-6-14(19)12-18(2)3/h13-14,17H,4-12H2,1-3H3,(H,20,21). The van der Waals surface area contributed by atoms with E-state index in [1.807, 2.05) is 0 Å². The van der Waals surface area contributed by atoms with Gasteiger partial charge in [0.15, 0.2) is 0 Å². The maximum absolute atomic E-state index is 11.8. The number of aliphatic carboxylic acids is 1. The number of likely N-dealkylation sites (tertiary alicyclic amines) is 1. The predicted octanol–water partition coefficient (Wildman–Crippen LogP) is 1.39. The van der Waals surface area contributed by atoms with Crippen LogP contribution in [-0.4, -0.2) is 72.2 Å². The lowest BCUT2D eigenvalue weighted by atomic mass is 9.97. The van der Waals surface area contributed by atoms with E-state index in [1.165, 1.54) is 12.8 Å². The molecule has 0 aromatic rings. The number of carboxylic acids is 1. The molecule has 5 heteroatoms. The minimum absolute atomic E-state index is 0.429. The fourth-order valence-electron chi connectivity index (χ4n) is 4.05. The minimum Gasteiger partial charge on any atom is -0.480 e. The molecule has 1 saturated carbocycles. The smallest absolute Gasteiger partial charge is 0.323 e. The molecule has 2 N–H and O–H groups in total. The average Bonchev–Trinajstić information content (AvgIpc) is 3.02. The van der Waals surface area contributed by atoms with Crippen LogP contribution in [-0.2, 0) is 4.79 Å². The fraction of sp³-hybridized carbons (Fsp3) is 0.938. The van der Waals surface area contributed by atoms with Crippen LogP contribution in [0.4, 0.5) is 0 Å². The SMILES string of the molecule is CCCNC1(C(=O)O)CCC(N2CCCC2CN(C)C)C1. The lowest BCUT2D eigenvalue weighted by Gasteiger charge is -2.33. The van der Waals surface area contributed by atoms with Gasteiger partial charge in [-0.2, -0.15) is 0 Å². The van der Waals surface area contributed by atoms with E-state index in [2.05, 4.69) is 36.1 Å². The highest BCUT2D eigenvalue weighted by atomic mass is 16.4. The summed E-state index contributed by atoms with van der Waals surface area (Å²) in [6.07, 6.45) is 6.00. The van der Waals surface area contributed by atoms with Crippen LogP contribution in [0.25, 0.3) is 0 Å². The van der Waals surface area contributed by atoms with Crippen LogP contribution in [0.15, 0.2) is 0 Å². The molecule has 1 aliphatic heterocycles. The second-order valence-corrected chi connectivity index (χ2v) is 7.01. The Balaban J connectivity index is 2.00. The van der Waals surface area contributed by atoms with Gasteiger partial charge in [-0.3, -0.25) is 9.69 Å². The largest absolute Gasteiger partial charge is 0.480 e. The van der Waals surface area contributed by atoms with Crippen LogP contribution >= 0.6 is 0 Å². The van der Waals surface area contributed by atoms with Gasteiger partial charge in [-0.05, 0) is 65.7 Å². The van der Waals surface area contributed by atoms with Crippen molar-refractivity contribution in [3.05, 3.63) is 0 Å². The molecule has 0 amide bonds. The molecule has 1 saturated heterocycles. The molecule has 2 rings (SSSR count). The first-order valence-corrected chi connectivity index (χ1v) is 8.37. The van der Waals surface area contributed by atoms with E-state index in [-0.39, 0.29) is 0 Å². The third-order valence-corrected chi connectivity index (χ3v) is 5.08. The normalized spacial score (nSPS) is 33.9. The van der Waals surface area contributed by atoms with Crippen molar-refractivity contribution in [3.8, 4) is 0 Å². The molecule has 0 aromatic heterocycles.